The van der Waals surface area contributed by atoms with E-state index in [-0.39, 0.29) is 0 Å². The third kappa shape index (κ3) is 2.43. The minimum atomic E-state index is -0.779. The second-order valence-electron chi connectivity index (χ2n) is 5.13. The summed E-state index contributed by atoms with van der Waals surface area (Å²) in [6, 6.07) is 13.9. The van der Waals surface area contributed by atoms with Crippen molar-refractivity contribution in [2.45, 2.75) is 31.9 Å². The molecule has 2 aromatic carbocycles. The van der Waals surface area contributed by atoms with E-state index in [2.05, 4.69) is 24.3 Å². The number of fused-ring (bicyclic) bond motifs is 1. The fourth-order valence-electron chi connectivity index (χ4n) is 2.40. The first-order chi connectivity index (χ1) is 8.04. The van der Waals surface area contributed by atoms with Gasteiger partial charge < -0.3 is 5.11 Å². The predicted octanol–water partition coefficient (Wildman–Crippen LogP) is 2.39. The van der Waals surface area contributed by atoms with Crippen molar-refractivity contribution in [3.63, 3.8) is 0 Å². The van der Waals surface area contributed by atoms with Gasteiger partial charge in [-0.25, -0.2) is 0 Å². The van der Waals surface area contributed by atoms with E-state index in [1.807, 2.05) is 26.0 Å². The Morgan fingerprint density at radius 3 is 2.35 bits per heavy atom. The fourth-order valence-corrected chi connectivity index (χ4v) is 2.93. The summed E-state index contributed by atoms with van der Waals surface area (Å²) >= 11 is 0. The van der Waals surface area contributed by atoms with Gasteiger partial charge in [0.05, 0.1) is 5.60 Å². The van der Waals surface area contributed by atoms with Gasteiger partial charge >= 0.3 is 0 Å². The van der Waals surface area contributed by atoms with Crippen LogP contribution in [0.2, 0.25) is 6.04 Å². The summed E-state index contributed by atoms with van der Waals surface area (Å²) in [5, 5.41) is 12.7. The zero-order chi connectivity index (χ0) is 12.5. The lowest BCUT2D eigenvalue weighted by atomic mass is 9.90. The summed E-state index contributed by atoms with van der Waals surface area (Å²) in [7, 11) is 1.24. The van der Waals surface area contributed by atoms with E-state index in [4.69, 9.17) is 0 Å². The smallest absolute Gasteiger partial charge is 0.0846 e. The van der Waals surface area contributed by atoms with Gasteiger partial charge in [0.15, 0.2) is 0 Å². The van der Waals surface area contributed by atoms with Crippen molar-refractivity contribution < 1.29 is 5.11 Å². The van der Waals surface area contributed by atoms with Crippen molar-refractivity contribution in [1.29, 1.82) is 0 Å². The Kier molecular flexibility index (Phi) is 3.36. The molecule has 2 rings (SSSR count). The first kappa shape index (κ1) is 12.3. The second-order valence-corrected chi connectivity index (χ2v) is 6.13. The first-order valence-electron chi connectivity index (χ1n) is 6.27. The maximum absolute atomic E-state index is 10.2. The molecule has 0 amide bonds. The maximum Gasteiger partial charge on any atom is 0.0846 e. The third-order valence-corrected chi connectivity index (χ3v) is 3.69. The SMILES string of the molecule is CC(C)(O)c1cccc2c(CC[SiH3])cccc12. The number of aryl methyl sites for hydroxylation is 1. The molecule has 0 atom stereocenters. The molecule has 0 unspecified atom stereocenters. The molecule has 0 aliphatic rings. The van der Waals surface area contributed by atoms with Crippen LogP contribution in [0.1, 0.15) is 25.0 Å². The van der Waals surface area contributed by atoms with Crippen LogP contribution in [-0.4, -0.2) is 15.3 Å². The van der Waals surface area contributed by atoms with Crippen LogP contribution in [0.25, 0.3) is 10.8 Å². The van der Waals surface area contributed by atoms with E-state index >= 15 is 0 Å². The molecule has 0 aromatic heterocycles. The van der Waals surface area contributed by atoms with Crippen LogP contribution in [-0.2, 0) is 12.0 Å². The third-order valence-electron chi connectivity index (χ3n) is 3.19. The van der Waals surface area contributed by atoms with Crippen molar-refractivity contribution in [2.24, 2.45) is 0 Å². The number of rotatable bonds is 3. The summed E-state index contributed by atoms with van der Waals surface area (Å²) in [6.07, 6.45) is 1.15. The normalized spacial score (nSPS) is 12.2. The molecule has 2 aromatic rings. The van der Waals surface area contributed by atoms with Crippen LogP contribution in [0.4, 0.5) is 0 Å². The van der Waals surface area contributed by atoms with Gasteiger partial charge in [-0.3, -0.25) is 0 Å². The van der Waals surface area contributed by atoms with Gasteiger partial charge in [-0.05, 0) is 42.2 Å². The lowest BCUT2D eigenvalue weighted by Crippen LogP contribution is -2.15. The summed E-state index contributed by atoms with van der Waals surface area (Å²) < 4.78 is 0. The van der Waals surface area contributed by atoms with Gasteiger partial charge in [-0.15, -0.1) is 0 Å². The second kappa shape index (κ2) is 4.63. The standard InChI is InChI=1S/C15H20OSi/c1-15(2,16)14-8-4-6-12-11(9-10-17)5-3-7-13(12)14/h3-8,16H,9-10H2,1-2,17H3. The monoisotopic (exact) mass is 244 g/mol. The number of benzene rings is 2. The summed E-state index contributed by atoms with van der Waals surface area (Å²) in [5.74, 6) is 0. The maximum atomic E-state index is 10.2. The molecule has 1 nitrogen and oxygen atoms in total. The van der Waals surface area contributed by atoms with Gasteiger partial charge in [-0.2, -0.15) is 0 Å². The molecule has 0 bridgehead atoms. The van der Waals surface area contributed by atoms with E-state index in [0.717, 1.165) is 12.0 Å². The minimum absolute atomic E-state index is 0.779. The van der Waals surface area contributed by atoms with E-state index in [0.29, 0.717) is 0 Å². The summed E-state index contributed by atoms with van der Waals surface area (Å²) in [6.45, 7) is 3.70. The van der Waals surface area contributed by atoms with Crippen molar-refractivity contribution in [2.75, 3.05) is 0 Å². The molecule has 0 aliphatic heterocycles. The van der Waals surface area contributed by atoms with Crippen LogP contribution in [0.15, 0.2) is 36.4 Å². The number of aliphatic hydroxyl groups is 1. The largest absolute Gasteiger partial charge is 0.386 e. The summed E-state index contributed by atoms with van der Waals surface area (Å²) in [5.41, 5.74) is 1.65. The van der Waals surface area contributed by atoms with Gasteiger partial charge in [-0.1, -0.05) is 42.4 Å². The molecular weight excluding hydrogens is 224 g/mol. The van der Waals surface area contributed by atoms with Gasteiger partial charge in [0.1, 0.15) is 0 Å². The number of hydrogen-bond donors (Lipinski definition) is 1. The Balaban J connectivity index is 2.70. The van der Waals surface area contributed by atoms with Crippen LogP contribution in [0, 0.1) is 0 Å². The lowest BCUT2D eigenvalue weighted by molar-refractivity contribution is 0.0802. The average Bonchev–Trinajstić information content (AvgIpc) is 2.28. The zero-order valence-electron chi connectivity index (χ0n) is 10.8. The highest BCUT2D eigenvalue weighted by molar-refractivity contribution is 6.08. The Labute approximate surface area is 106 Å². The molecule has 0 saturated heterocycles. The highest BCUT2D eigenvalue weighted by atomic mass is 28.1. The Morgan fingerprint density at radius 2 is 1.71 bits per heavy atom. The quantitative estimate of drug-likeness (QED) is 0.822. The Morgan fingerprint density at radius 1 is 1.06 bits per heavy atom. The molecule has 0 fully saturated rings. The van der Waals surface area contributed by atoms with Crippen LogP contribution in [0.3, 0.4) is 0 Å². The van der Waals surface area contributed by atoms with E-state index in [1.54, 1.807) is 0 Å². The van der Waals surface area contributed by atoms with Crippen molar-refractivity contribution >= 4 is 21.0 Å². The van der Waals surface area contributed by atoms with Crippen molar-refractivity contribution in [1.82, 2.24) is 0 Å². The fraction of sp³-hybridized carbons (Fsp3) is 0.333. The highest BCUT2D eigenvalue weighted by Crippen LogP contribution is 2.30. The average molecular weight is 244 g/mol. The topological polar surface area (TPSA) is 20.2 Å². The molecule has 17 heavy (non-hydrogen) atoms. The molecule has 0 heterocycles. The molecule has 90 valence electrons. The minimum Gasteiger partial charge on any atom is -0.386 e. The molecule has 2 heteroatoms. The Hall–Kier alpha value is -1.12. The highest BCUT2D eigenvalue weighted by Gasteiger charge is 2.18. The number of hydrogen-bond acceptors (Lipinski definition) is 1. The van der Waals surface area contributed by atoms with Crippen molar-refractivity contribution in [3.05, 3.63) is 47.5 Å². The van der Waals surface area contributed by atoms with Gasteiger partial charge in [0.25, 0.3) is 0 Å². The lowest BCUT2D eigenvalue weighted by Gasteiger charge is -2.20. The molecule has 0 radical (unpaired) electrons. The zero-order valence-corrected chi connectivity index (χ0v) is 12.8. The predicted molar refractivity (Wildman–Crippen MR) is 77.6 cm³/mol. The molecular formula is C15H20OSi. The van der Waals surface area contributed by atoms with Crippen LogP contribution < -0.4 is 0 Å². The first-order valence-corrected chi connectivity index (χ1v) is 7.69. The van der Waals surface area contributed by atoms with Gasteiger partial charge in [0, 0.05) is 10.2 Å². The van der Waals surface area contributed by atoms with Crippen molar-refractivity contribution in [3.8, 4) is 0 Å². The van der Waals surface area contributed by atoms with Gasteiger partial charge in [0.2, 0.25) is 0 Å². The molecule has 0 aliphatic carbocycles. The van der Waals surface area contributed by atoms with E-state index in [1.165, 1.54) is 32.6 Å². The molecule has 0 spiro atoms. The Bertz CT molecular complexity index is 526. The van der Waals surface area contributed by atoms with E-state index in [9.17, 15) is 5.11 Å². The summed E-state index contributed by atoms with van der Waals surface area (Å²) in [4.78, 5) is 0. The van der Waals surface area contributed by atoms with Crippen LogP contribution in [0.5, 0.6) is 0 Å². The van der Waals surface area contributed by atoms with E-state index < -0.39 is 5.60 Å². The molecule has 1 N–H and O–H groups in total. The van der Waals surface area contributed by atoms with Crippen LogP contribution >= 0.6 is 0 Å². The molecule has 0 saturated carbocycles.